The van der Waals surface area contributed by atoms with Gasteiger partial charge in [0.2, 0.25) is 17.7 Å². The molecule has 0 aromatic heterocycles. The summed E-state index contributed by atoms with van der Waals surface area (Å²) in [5.74, 6) is -7.27. The number of carboxylic acid groups (broad SMARTS) is 3. The third-order valence-corrected chi connectivity index (χ3v) is 4.66. The molecule has 0 bridgehead atoms. The van der Waals surface area contributed by atoms with Crippen LogP contribution in [-0.2, 0) is 28.8 Å². The number of hydrogen-bond acceptors (Lipinski definition) is 9. The molecule has 0 aliphatic rings. The number of carboxylic acids is 3. The largest absolute Gasteiger partial charge is 0.481 e. The average Bonchev–Trinajstić information content (AvgIpc) is 2.79. The Balaban J connectivity index is 5.25. The lowest BCUT2D eigenvalue weighted by molar-refractivity contribution is -0.144. The monoisotopic (exact) mass is 519 g/mol. The molecule has 0 rings (SSSR count). The quantitative estimate of drug-likeness (QED) is 0.0465. The molecule has 0 aliphatic heterocycles. The summed E-state index contributed by atoms with van der Waals surface area (Å²) >= 11 is 0. The van der Waals surface area contributed by atoms with Crippen molar-refractivity contribution < 1.29 is 49.2 Å². The normalized spacial score (nSPS) is 13.8. The Bertz CT molecular complexity index is 831. The van der Waals surface area contributed by atoms with Crippen molar-refractivity contribution in [3.8, 4) is 0 Å². The molecule has 0 spiro atoms. The Labute approximate surface area is 205 Å². The van der Waals surface area contributed by atoms with Crippen LogP contribution in [-0.4, -0.2) is 99.3 Å². The number of nitrogens with two attached hydrogens (primary N) is 3. The van der Waals surface area contributed by atoms with Gasteiger partial charge in [-0.05, 0) is 25.7 Å². The van der Waals surface area contributed by atoms with Crippen LogP contribution in [0.15, 0.2) is 4.99 Å². The van der Waals surface area contributed by atoms with Crippen molar-refractivity contribution in [2.45, 2.75) is 62.7 Å². The first kappa shape index (κ1) is 32.0. The summed E-state index contributed by atoms with van der Waals surface area (Å²) in [6, 6.07) is -5.84. The minimum Gasteiger partial charge on any atom is -0.481 e. The molecule has 4 unspecified atom stereocenters. The van der Waals surface area contributed by atoms with Gasteiger partial charge < -0.3 is 53.6 Å². The van der Waals surface area contributed by atoms with E-state index in [1.807, 2.05) is 5.32 Å². The summed E-state index contributed by atoms with van der Waals surface area (Å²) in [6.45, 7) is -0.695. The van der Waals surface area contributed by atoms with Crippen molar-refractivity contribution in [2.24, 2.45) is 22.2 Å². The number of carbonyl (C=O) groups is 6. The van der Waals surface area contributed by atoms with E-state index in [1.165, 1.54) is 0 Å². The molecule has 0 saturated carbocycles. The van der Waals surface area contributed by atoms with Gasteiger partial charge in [-0.3, -0.25) is 29.0 Å². The Morgan fingerprint density at radius 3 is 1.67 bits per heavy atom. The summed E-state index contributed by atoms with van der Waals surface area (Å²) in [4.78, 5) is 74.1. The summed E-state index contributed by atoms with van der Waals surface area (Å²) < 4.78 is 0. The predicted molar refractivity (Wildman–Crippen MR) is 122 cm³/mol. The van der Waals surface area contributed by atoms with Crippen LogP contribution >= 0.6 is 0 Å². The SMILES string of the molecule is NC(N)=NCCCC(N)C(=O)NC(CO)C(=O)NC(CCC(=O)O)C(=O)NC(CCC(=O)O)C(=O)O. The molecule has 13 N–H and O–H groups in total. The van der Waals surface area contributed by atoms with Crippen LogP contribution in [0.25, 0.3) is 0 Å². The molecule has 0 fully saturated rings. The highest BCUT2D eigenvalue weighted by Gasteiger charge is 2.30. The van der Waals surface area contributed by atoms with Crippen LogP contribution in [0.3, 0.4) is 0 Å². The molecule has 36 heavy (non-hydrogen) atoms. The highest BCUT2D eigenvalue weighted by molar-refractivity contribution is 5.94. The van der Waals surface area contributed by atoms with Gasteiger partial charge in [0.1, 0.15) is 18.1 Å². The molecule has 0 aliphatic carbocycles. The fourth-order valence-corrected chi connectivity index (χ4v) is 2.73. The second-order valence-corrected chi connectivity index (χ2v) is 7.62. The number of carbonyl (C=O) groups excluding carboxylic acids is 3. The van der Waals surface area contributed by atoms with Crippen molar-refractivity contribution in [3.05, 3.63) is 0 Å². The van der Waals surface area contributed by atoms with Gasteiger partial charge in [-0.15, -0.1) is 0 Å². The van der Waals surface area contributed by atoms with E-state index in [1.54, 1.807) is 0 Å². The number of nitrogens with zero attached hydrogens (tertiary/aromatic N) is 1. The molecule has 0 saturated heterocycles. The minimum absolute atomic E-state index is 0.136. The van der Waals surface area contributed by atoms with Crippen LogP contribution in [0.4, 0.5) is 0 Å². The number of aliphatic imine (C=N–C) groups is 1. The summed E-state index contributed by atoms with van der Waals surface area (Å²) in [5.41, 5.74) is 16.1. The first-order valence-corrected chi connectivity index (χ1v) is 10.8. The maximum absolute atomic E-state index is 12.6. The number of aliphatic carboxylic acids is 3. The average molecular weight is 520 g/mol. The van der Waals surface area contributed by atoms with Gasteiger partial charge >= 0.3 is 17.9 Å². The van der Waals surface area contributed by atoms with E-state index < -0.39 is 92.1 Å². The zero-order valence-corrected chi connectivity index (χ0v) is 19.4. The second-order valence-electron chi connectivity index (χ2n) is 7.62. The smallest absolute Gasteiger partial charge is 0.326 e. The molecule has 17 heteroatoms. The Morgan fingerprint density at radius 2 is 1.19 bits per heavy atom. The van der Waals surface area contributed by atoms with Crippen molar-refractivity contribution in [1.82, 2.24) is 16.0 Å². The van der Waals surface area contributed by atoms with Gasteiger partial charge in [0.15, 0.2) is 5.96 Å². The van der Waals surface area contributed by atoms with Gasteiger partial charge in [0.25, 0.3) is 0 Å². The van der Waals surface area contributed by atoms with Crippen LogP contribution in [0, 0.1) is 0 Å². The fourth-order valence-electron chi connectivity index (χ4n) is 2.73. The number of aliphatic hydroxyl groups excluding tert-OH is 1. The molecule has 4 atom stereocenters. The summed E-state index contributed by atoms with van der Waals surface area (Å²) in [7, 11) is 0. The summed E-state index contributed by atoms with van der Waals surface area (Å²) in [5, 5.41) is 42.8. The van der Waals surface area contributed by atoms with Crippen LogP contribution < -0.4 is 33.2 Å². The van der Waals surface area contributed by atoms with Crippen molar-refractivity contribution in [1.29, 1.82) is 0 Å². The molecule has 0 aromatic rings. The van der Waals surface area contributed by atoms with Crippen LogP contribution in [0.2, 0.25) is 0 Å². The first-order chi connectivity index (χ1) is 16.8. The van der Waals surface area contributed by atoms with Crippen LogP contribution in [0.1, 0.15) is 38.5 Å². The van der Waals surface area contributed by atoms with Crippen molar-refractivity contribution in [2.75, 3.05) is 13.2 Å². The van der Waals surface area contributed by atoms with E-state index in [-0.39, 0.29) is 18.9 Å². The minimum atomic E-state index is -1.62. The van der Waals surface area contributed by atoms with E-state index in [9.17, 15) is 39.0 Å². The summed E-state index contributed by atoms with van der Waals surface area (Å²) in [6.07, 6.45) is -1.62. The molecule has 0 heterocycles. The lowest BCUT2D eigenvalue weighted by atomic mass is 10.1. The number of rotatable bonds is 18. The van der Waals surface area contributed by atoms with Crippen LogP contribution in [0.5, 0.6) is 0 Å². The molecule has 0 radical (unpaired) electrons. The van der Waals surface area contributed by atoms with Gasteiger partial charge in [-0.1, -0.05) is 0 Å². The Hall–Kier alpha value is -3.99. The number of guanidine groups is 1. The number of aliphatic hydroxyl groups is 1. The molecule has 0 aromatic carbocycles. The van der Waals surface area contributed by atoms with E-state index in [2.05, 4.69) is 15.6 Å². The lowest BCUT2D eigenvalue weighted by Gasteiger charge is -2.24. The Kier molecular flexibility index (Phi) is 14.8. The molecular weight excluding hydrogens is 486 g/mol. The van der Waals surface area contributed by atoms with E-state index in [0.717, 1.165) is 0 Å². The number of nitrogens with one attached hydrogen (secondary N) is 3. The van der Waals surface area contributed by atoms with Gasteiger partial charge in [0, 0.05) is 19.4 Å². The topological polar surface area (TPSA) is 310 Å². The molecule has 3 amide bonds. The maximum Gasteiger partial charge on any atom is 0.326 e. The number of amides is 3. The highest BCUT2D eigenvalue weighted by atomic mass is 16.4. The second kappa shape index (κ2) is 16.6. The van der Waals surface area contributed by atoms with Gasteiger partial charge in [0.05, 0.1) is 12.6 Å². The highest BCUT2D eigenvalue weighted by Crippen LogP contribution is 2.04. The standard InChI is InChI=1S/C19H33N7O10/c20-9(2-1-7-23-19(21)22)15(32)26-12(8-27)17(34)24-10(3-5-13(28)29)16(33)25-11(18(35)36)4-6-14(30)31/h9-12,27H,1-8,20H2,(H,24,34)(H,25,33)(H,26,32)(H,28,29)(H,30,31)(H,35,36)(H4,21,22,23). The van der Waals surface area contributed by atoms with E-state index >= 15 is 0 Å². The molecular formula is C19H33N7O10. The fraction of sp³-hybridized carbons (Fsp3) is 0.632. The van der Waals surface area contributed by atoms with Crippen molar-refractivity contribution in [3.63, 3.8) is 0 Å². The first-order valence-electron chi connectivity index (χ1n) is 10.8. The van der Waals surface area contributed by atoms with E-state index in [4.69, 9.17) is 27.4 Å². The number of hydrogen-bond donors (Lipinski definition) is 10. The zero-order chi connectivity index (χ0) is 27.8. The molecule has 204 valence electrons. The lowest BCUT2D eigenvalue weighted by Crippen LogP contribution is -2.58. The van der Waals surface area contributed by atoms with Crippen molar-refractivity contribution >= 4 is 41.6 Å². The Morgan fingerprint density at radius 1 is 0.722 bits per heavy atom. The predicted octanol–water partition coefficient (Wildman–Crippen LogP) is -4.37. The molecule has 17 nitrogen and oxygen atoms in total. The third kappa shape index (κ3) is 13.7. The van der Waals surface area contributed by atoms with Gasteiger partial charge in [-0.2, -0.15) is 0 Å². The third-order valence-electron chi connectivity index (χ3n) is 4.66. The van der Waals surface area contributed by atoms with Gasteiger partial charge in [-0.25, -0.2) is 4.79 Å². The van der Waals surface area contributed by atoms with E-state index in [0.29, 0.717) is 6.42 Å². The zero-order valence-electron chi connectivity index (χ0n) is 19.4. The maximum atomic E-state index is 12.6.